The number of carbonyl (C=O) groups excluding carboxylic acids is 1. The molecule has 1 amide bonds. The number of hydrogen-bond acceptors (Lipinski definition) is 6. The number of imidazole rings is 1. The van der Waals surface area contributed by atoms with Gasteiger partial charge in [-0.15, -0.1) is 0 Å². The number of nitrogens with one attached hydrogen (secondary N) is 2. The SMILES string of the molecule is Cc1ncc(-c2ccnc(Nc3ccc(C(=O)NCC(C)(C)N(C)C)cc3)n2)n1C(C)C. The first-order valence-corrected chi connectivity index (χ1v) is 10.8. The Kier molecular flexibility index (Phi) is 6.93. The lowest BCUT2D eigenvalue weighted by molar-refractivity contribution is 0.0919. The van der Waals surface area contributed by atoms with Crippen LogP contribution in [0.4, 0.5) is 11.6 Å². The van der Waals surface area contributed by atoms with E-state index in [0.717, 1.165) is 22.9 Å². The molecule has 0 atom stereocenters. The van der Waals surface area contributed by atoms with E-state index in [1.54, 1.807) is 18.3 Å². The molecule has 0 aliphatic carbocycles. The third-order valence-corrected chi connectivity index (χ3v) is 5.71. The van der Waals surface area contributed by atoms with Crippen LogP contribution < -0.4 is 10.6 Å². The van der Waals surface area contributed by atoms with Crippen LogP contribution in [0.25, 0.3) is 11.4 Å². The number of amides is 1. The van der Waals surface area contributed by atoms with Crippen molar-refractivity contribution >= 4 is 17.5 Å². The van der Waals surface area contributed by atoms with Gasteiger partial charge in [0.15, 0.2) is 0 Å². The Morgan fingerprint density at radius 3 is 2.44 bits per heavy atom. The lowest BCUT2D eigenvalue weighted by Gasteiger charge is -2.32. The van der Waals surface area contributed by atoms with Crippen molar-refractivity contribution in [3.63, 3.8) is 0 Å². The molecule has 32 heavy (non-hydrogen) atoms. The molecule has 8 nitrogen and oxygen atoms in total. The van der Waals surface area contributed by atoms with Gasteiger partial charge in [-0.3, -0.25) is 4.79 Å². The molecule has 0 fully saturated rings. The van der Waals surface area contributed by atoms with E-state index in [9.17, 15) is 4.79 Å². The number of nitrogens with zero attached hydrogens (tertiary/aromatic N) is 5. The summed E-state index contributed by atoms with van der Waals surface area (Å²) in [6, 6.07) is 9.45. The summed E-state index contributed by atoms with van der Waals surface area (Å²) in [5, 5.41) is 6.21. The lowest BCUT2D eigenvalue weighted by Crippen LogP contribution is -2.48. The highest BCUT2D eigenvalue weighted by Crippen LogP contribution is 2.24. The average molecular weight is 436 g/mol. The summed E-state index contributed by atoms with van der Waals surface area (Å²) >= 11 is 0. The second-order valence-corrected chi connectivity index (χ2v) is 9.01. The predicted octanol–water partition coefficient (Wildman–Crippen LogP) is 4.04. The molecule has 0 radical (unpaired) electrons. The smallest absolute Gasteiger partial charge is 0.251 e. The van der Waals surface area contributed by atoms with Crippen molar-refractivity contribution in [2.24, 2.45) is 0 Å². The highest BCUT2D eigenvalue weighted by atomic mass is 16.1. The number of carbonyl (C=O) groups is 1. The van der Waals surface area contributed by atoms with E-state index in [-0.39, 0.29) is 17.5 Å². The monoisotopic (exact) mass is 435 g/mol. The van der Waals surface area contributed by atoms with Crippen molar-refractivity contribution in [1.82, 2.24) is 29.7 Å². The quantitative estimate of drug-likeness (QED) is 0.555. The van der Waals surface area contributed by atoms with Crippen LogP contribution in [0.1, 0.15) is 49.9 Å². The highest BCUT2D eigenvalue weighted by molar-refractivity contribution is 5.94. The van der Waals surface area contributed by atoms with Crippen molar-refractivity contribution in [2.45, 2.75) is 46.2 Å². The molecule has 1 aromatic carbocycles. The summed E-state index contributed by atoms with van der Waals surface area (Å²) in [5.74, 6) is 1.34. The van der Waals surface area contributed by atoms with Gasteiger partial charge in [0.2, 0.25) is 5.95 Å². The number of aromatic nitrogens is 4. The molecular weight excluding hydrogens is 402 g/mol. The van der Waals surface area contributed by atoms with Gasteiger partial charge in [0.1, 0.15) is 5.82 Å². The summed E-state index contributed by atoms with van der Waals surface area (Å²) in [6.07, 6.45) is 3.57. The van der Waals surface area contributed by atoms with Gasteiger partial charge in [0.05, 0.1) is 17.6 Å². The fourth-order valence-electron chi connectivity index (χ4n) is 3.25. The topological polar surface area (TPSA) is 88.0 Å². The maximum Gasteiger partial charge on any atom is 0.251 e. The first-order valence-electron chi connectivity index (χ1n) is 10.8. The Hall–Kier alpha value is -3.26. The van der Waals surface area contributed by atoms with Crippen LogP contribution in [-0.4, -0.2) is 56.5 Å². The highest BCUT2D eigenvalue weighted by Gasteiger charge is 2.21. The van der Waals surface area contributed by atoms with Gasteiger partial charge in [-0.25, -0.2) is 15.0 Å². The Balaban J connectivity index is 1.70. The van der Waals surface area contributed by atoms with Gasteiger partial charge in [-0.2, -0.15) is 0 Å². The minimum absolute atomic E-state index is 0.0953. The van der Waals surface area contributed by atoms with Crippen LogP contribution >= 0.6 is 0 Å². The molecule has 0 unspecified atom stereocenters. The van der Waals surface area contributed by atoms with Crippen LogP contribution in [-0.2, 0) is 0 Å². The first kappa shape index (κ1) is 23.4. The van der Waals surface area contributed by atoms with E-state index < -0.39 is 0 Å². The molecule has 0 saturated heterocycles. The zero-order valence-electron chi connectivity index (χ0n) is 20.0. The normalized spacial score (nSPS) is 11.8. The second-order valence-electron chi connectivity index (χ2n) is 9.01. The van der Waals surface area contributed by atoms with E-state index >= 15 is 0 Å². The molecule has 2 heterocycles. The molecule has 2 aromatic heterocycles. The van der Waals surface area contributed by atoms with Crippen molar-refractivity contribution in [3.8, 4) is 11.4 Å². The first-order chi connectivity index (χ1) is 15.1. The van der Waals surface area contributed by atoms with Crippen LogP contribution in [0.3, 0.4) is 0 Å². The minimum atomic E-state index is -0.122. The van der Waals surface area contributed by atoms with E-state index in [4.69, 9.17) is 0 Å². The molecule has 8 heteroatoms. The lowest BCUT2D eigenvalue weighted by atomic mass is 10.0. The molecule has 0 aliphatic heterocycles. The standard InChI is InChI=1S/C24H33N7O/c1-16(2)31-17(3)26-14-21(31)20-12-13-25-23(29-20)28-19-10-8-18(9-11-19)22(32)27-15-24(4,5)30(6)7/h8-14,16H,15H2,1-7H3,(H,27,32)(H,25,28,29). The van der Waals surface area contributed by atoms with Gasteiger partial charge in [-0.05, 0) is 79.0 Å². The molecule has 0 spiro atoms. The van der Waals surface area contributed by atoms with Gasteiger partial charge >= 0.3 is 0 Å². The number of anilines is 2. The molecule has 0 saturated carbocycles. The molecule has 3 aromatic rings. The van der Waals surface area contributed by atoms with Crippen LogP contribution in [0, 0.1) is 6.92 Å². The minimum Gasteiger partial charge on any atom is -0.350 e. The van der Waals surface area contributed by atoms with Crippen molar-refractivity contribution in [2.75, 3.05) is 26.0 Å². The Bertz CT molecular complexity index is 1070. The third kappa shape index (κ3) is 5.31. The van der Waals surface area contributed by atoms with Gasteiger partial charge in [0.25, 0.3) is 5.91 Å². The molecule has 0 bridgehead atoms. The van der Waals surface area contributed by atoms with Gasteiger partial charge in [0, 0.05) is 35.6 Å². The maximum absolute atomic E-state index is 12.5. The summed E-state index contributed by atoms with van der Waals surface area (Å²) in [6.45, 7) is 11.0. The number of rotatable bonds is 8. The zero-order valence-corrected chi connectivity index (χ0v) is 20.0. The number of aryl methyl sites for hydroxylation is 1. The maximum atomic E-state index is 12.5. The summed E-state index contributed by atoms with van der Waals surface area (Å²) in [5.41, 5.74) is 3.05. The van der Waals surface area contributed by atoms with Crippen LogP contribution in [0.2, 0.25) is 0 Å². The molecular formula is C24H33N7O. The fraction of sp³-hybridized carbons (Fsp3) is 0.417. The zero-order chi connectivity index (χ0) is 23.5. The Morgan fingerprint density at radius 2 is 1.81 bits per heavy atom. The second kappa shape index (κ2) is 9.48. The van der Waals surface area contributed by atoms with Crippen molar-refractivity contribution in [3.05, 3.63) is 54.1 Å². The summed E-state index contributed by atoms with van der Waals surface area (Å²) in [4.78, 5) is 28.0. The fourth-order valence-corrected chi connectivity index (χ4v) is 3.25. The van der Waals surface area contributed by atoms with Crippen molar-refractivity contribution < 1.29 is 4.79 Å². The van der Waals surface area contributed by atoms with Crippen LogP contribution in [0.15, 0.2) is 42.7 Å². The van der Waals surface area contributed by atoms with Gasteiger partial charge in [-0.1, -0.05) is 0 Å². The number of likely N-dealkylation sites (N-methyl/N-ethyl adjacent to an activating group) is 1. The Labute approximate surface area is 190 Å². The predicted molar refractivity (Wildman–Crippen MR) is 128 cm³/mol. The largest absolute Gasteiger partial charge is 0.350 e. The van der Waals surface area contributed by atoms with Crippen LogP contribution in [0.5, 0.6) is 0 Å². The van der Waals surface area contributed by atoms with Crippen molar-refractivity contribution in [1.29, 1.82) is 0 Å². The molecule has 2 N–H and O–H groups in total. The van der Waals surface area contributed by atoms with E-state index in [2.05, 4.69) is 62.7 Å². The molecule has 0 aliphatic rings. The molecule has 170 valence electrons. The van der Waals surface area contributed by atoms with E-state index in [0.29, 0.717) is 18.1 Å². The number of hydrogen-bond donors (Lipinski definition) is 2. The average Bonchev–Trinajstić information content (AvgIpc) is 3.14. The van der Waals surface area contributed by atoms with Gasteiger partial charge < -0.3 is 20.1 Å². The van der Waals surface area contributed by atoms with E-state index in [1.165, 1.54) is 0 Å². The van der Waals surface area contributed by atoms with E-state index in [1.807, 2.05) is 45.4 Å². The molecule has 3 rings (SSSR count). The Morgan fingerprint density at radius 1 is 1.12 bits per heavy atom. The summed E-state index contributed by atoms with van der Waals surface area (Å²) < 4.78 is 2.15. The summed E-state index contributed by atoms with van der Waals surface area (Å²) in [7, 11) is 4.00. The third-order valence-electron chi connectivity index (χ3n) is 5.71. The number of benzene rings is 1.